The first-order chi connectivity index (χ1) is 10.3. The van der Waals surface area contributed by atoms with Crippen LogP contribution in [0, 0.1) is 5.92 Å². The van der Waals surface area contributed by atoms with Crippen molar-refractivity contribution in [3.8, 4) is 5.75 Å². The highest BCUT2D eigenvalue weighted by atomic mass is 16.5. The van der Waals surface area contributed by atoms with E-state index in [-0.39, 0.29) is 5.91 Å². The summed E-state index contributed by atoms with van der Waals surface area (Å²) in [6.07, 6.45) is 6.11. The molecular weight excluding hydrogens is 264 g/mol. The van der Waals surface area contributed by atoms with E-state index in [4.69, 9.17) is 4.74 Å². The van der Waals surface area contributed by atoms with E-state index >= 15 is 0 Å². The second-order valence-corrected chi connectivity index (χ2v) is 6.05. The Morgan fingerprint density at radius 2 is 2.19 bits per heavy atom. The number of hydrogen-bond donors (Lipinski definition) is 2. The van der Waals surface area contributed by atoms with Crippen LogP contribution in [0.1, 0.15) is 37.7 Å². The fourth-order valence-electron chi connectivity index (χ4n) is 3.17. The summed E-state index contributed by atoms with van der Waals surface area (Å²) in [6.45, 7) is 2.99. The molecule has 0 saturated carbocycles. The Bertz CT molecular complexity index is 496. The molecule has 0 atom stereocenters. The molecule has 1 saturated heterocycles. The molecule has 2 aliphatic rings. The van der Waals surface area contributed by atoms with Gasteiger partial charge in [-0.2, -0.15) is 0 Å². The van der Waals surface area contributed by atoms with Crippen molar-refractivity contribution >= 4 is 11.6 Å². The molecule has 0 bridgehead atoms. The lowest BCUT2D eigenvalue weighted by Gasteiger charge is -2.22. The molecule has 0 spiro atoms. The maximum Gasteiger partial charge on any atom is 0.224 e. The van der Waals surface area contributed by atoms with Crippen molar-refractivity contribution < 1.29 is 9.53 Å². The fraction of sp³-hybridized carbons (Fsp3) is 0.588. The lowest BCUT2D eigenvalue weighted by Crippen LogP contribution is -2.28. The van der Waals surface area contributed by atoms with Crippen molar-refractivity contribution in [3.63, 3.8) is 0 Å². The largest absolute Gasteiger partial charge is 0.493 e. The Kier molecular flexibility index (Phi) is 4.76. The summed E-state index contributed by atoms with van der Waals surface area (Å²) in [5, 5.41) is 6.38. The van der Waals surface area contributed by atoms with Crippen molar-refractivity contribution in [1.82, 2.24) is 5.32 Å². The predicted molar refractivity (Wildman–Crippen MR) is 83.7 cm³/mol. The fourth-order valence-corrected chi connectivity index (χ4v) is 3.17. The van der Waals surface area contributed by atoms with Gasteiger partial charge in [-0.1, -0.05) is 0 Å². The molecule has 2 aliphatic heterocycles. The summed E-state index contributed by atoms with van der Waals surface area (Å²) in [5.41, 5.74) is 2.10. The smallest absolute Gasteiger partial charge is 0.224 e. The Hall–Kier alpha value is -1.55. The van der Waals surface area contributed by atoms with E-state index in [2.05, 4.69) is 16.7 Å². The van der Waals surface area contributed by atoms with Gasteiger partial charge in [-0.3, -0.25) is 4.79 Å². The Balaban J connectivity index is 1.50. The number of fused-ring (bicyclic) bond motifs is 1. The molecule has 0 aliphatic carbocycles. The second kappa shape index (κ2) is 6.94. The average Bonchev–Trinajstić information content (AvgIpc) is 2.54. The lowest BCUT2D eigenvalue weighted by atomic mass is 9.93. The first kappa shape index (κ1) is 14.4. The van der Waals surface area contributed by atoms with Crippen molar-refractivity contribution in [2.45, 2.75) is 38.5 Å². The monoisotopic (exact) mass is 288 g/mol. The molecule has 114 valence electrons. The normalized spacial score (nSPS) is 18.7. The van der Waals surface area contributed by atoms with Crippen LogP contribution in [-0.4, -0.2) is 25.6 Å². The van der Waals surface area contributed by atoms with E-state index in [1.165, 1.54) is 18.4 Å². The van der Waals surface area contributed by atoms with E-state index in [1.807, 2.05) is 12.1 Å². The van der Waals surface area contributed by atoms with Crippen LogP contribution in [-0.2, 0) is 11.2 Å². The number of piperidine rings is 1. The van der Waals surface area contributed by atoms with Crippen molar-refractivity contribution in [1.29, 1.82) is 0 Å². The summed E-state index contributed by atoms with van der Waals surface area (Å²) in [4.78, 5) is 12.1. The summed E-state index contributed by atoms with van der Waals surface area (Å²) in [6, 6.07) is 5.96. The number of aryl methyl sites for hydroxylation is 1. The van der Waals surface area contributed by atoms with Gasteiger partial charge in [0, 0.05) is 12.1 Å². The Morgan fingerprint density at radius 3 is 3.05 bits per heavy atom. The minimum Gasteiger partial charge on any atom is -0.493 e. The van der Waals surface area contributed by atoms with Gasteiger partial charge in [0.1, 0.15) is 5.75 Å². The van der Waals surface area contributed by atoms with Gasteiger partial charge in [0.2, 0.25) is 5.91 Å². The molecule has 1 fully saturated rings. The third-order valence-electron chi connectivity index (χ3n) is 4.43. The zero-order valence-electron chi connectivity index (χ0n) is 12.5. The van der Waals surface area contributed by atoms with E-state index in [9.17, 15) is 4.79 Å². The van der Waals surface area contributed by atoms with E-state index in [0.29, 0.717) is 12.3 Å². The number of hydrogen-bond acceptors (Lipinski definition) is 3. The van der Waals surface area contributed by atoms with Gasteiger partial charge in [0.05, 0.1) is 6.61 Å². The number of rotatable bonds is 4. The van der Waals surface area contributed by atoms with Crippen molar-refractivity contribution in [2.24, 2.45) is 5.92 Å². The highest BCUT2D eigenvalue weighted by molar-refractivity contribution is 5.90. The van der Waals surface area contributed by atoms with Crippen LogP contribution in [0.4, 0.5) is 5.69 Å². The molecule has 1 aromatic rings. The zero-order chi connectivity index (χ0) is 14.5. The number of ether oxygens (including phenoxy) is 1. The molecule has 2 N–H and O–H groups in total. The van der Waals surface area contributed by atoms with Crippen LogP contribution in [0.3, 0.4) is 0 Å². The van der Waals surface area contributed by atoms with Crippen LogP contribution in [0.2, 0.25) is 0 Å². The standard InChI is InChI=1S/C17H24N2O2/c20-17(6-3-13-7-9-18-10-8-13)19-15-4-5-16-14(12-15)2-1-11-21-16/h4-5,12-13,18H,1-3,6-11H2,(H,19,20). The Labute approximate surface area is 126 Å². The van der Waals surface area contributed by atoms with Gasteiger partial charge in [-0.15, -0.1) is 0 Å². The molecular formula is C17H24N2O2. The third kappa shape index (κ3) is 3.97. The van der Waals surface area contributed by atoms with Gasteiger partial charge in [0.15, 0.2) is 0 Å². The Morgan fingerprint density at radius 1 is 1.33 bits per heavy atom. The molecule has 0 radical (unpaired) electrons. The van der Waals surface area contributed by atoms with Crippen LogP contribution >= 0.6 is 0 Å². The van der Waals surface area contributed by atoms with Crippen LogP contribution in [0.25, 0.3) is 0 Å². The molecule has 4 nitrogen and oxygen atoms in total. The van der Waals surface area contributed by atoms with Gasteiger partial charge in [0.25, 0.3) is 0 Å². The molecule has 4 heteroatoms. The summed E-state index contributed by atoms with van der Waals surface area (Å²) >= 11 is 0. The SMILES string of the molecule is O=C(CCC1CCNCC1)Nc1ccc2c(c1)CCCO2. The van der Waals surface area contributed by atoms with E-state index in [1.54, 1.807) is 0 Å². The number of benzene rings is 1. The van der Waals surface area contributed by atoms with Gasteiger partial charge in [-0.05, 0) is 74.9 Å². The quantitative estimate of drug-likeness (QED) is 0.895. The lowest BCUT2D eigenvalue weighted by molar-refractivity contribution is -0.116. The minimum absolute atomic E-state index is 0.130. The third-order valence-corrected chi connectivity index (χ3v) is 4.43. The molecule has 0 unspecified atom stereocenters. The van der Waals surface area contributed by atoms with Gasteiger partial charge < -0.3 is 15.4 Å². The number of carbonyl (C=O) groups is 1. The average molecular weight is 288 g/mol. The maximum absolute atomic E-state index is 12.1. The minimum atomic E-state index is 0.130. The maximum atomic E-state index is 12.1. The molecule has 1 aromatic carbocycles. The summed E-state index contributed by atoms with van der Waals surface area (Å²) in [7, 11) is 0. The molecule has 1 amide bonds. The highest BCUT2D eigenvalue weighted by Crippen LogP contribution is 2.27. The topological polar surface area (TPSA) is 50.4 Å². The van der Waals surface area contributed by atoms with E-state index < -0.39 is 0 Å². The van der Waals surface area contributed by atoms with Crippen LogP contribution in [0.15, 0.2) is 18.2 Å². The molecule has 2 heterocycles. The highest BCUT2D eigenvalue weighted by Gasteiger charge is 2.15. The number of amides is 1. The number of anilines is 1. The number of nitrogens with one attached hydrogen (secondary N) is 2. The first-order valence-corrected chi connectivity index (χ1v) is 8.07. The molecule has 0 aromatic heterocycles. The van der Waals surface area contributed by atoms with Gasteiger partial charge in [-0.25, -0.2) is 0 Å². The second-order valence-electron chi connectivity index (χ2n) is 6.05. The zero-order valence-corrected chi connectivity index (χ0v) is 12.5. The number of carbonyl (C=O) groups excluding carboxylic acids is 1. The summed E-state index contributed by atoms with van der Waals surface area (Å²) < 4.78 is 5.59. The van der Waals surface area contributed by atoms with Crippen molar-refractivity contribution in [3.05, 3.63) is 23.8 Å². The predicted octanol–water partition coefficient (Wildman–Crippen LogP) is 2.73. The molecule has 3 rings (SSSR count). The van der Waals surface area contributed by atoms with Crippen LogP contribution in [0.5, 0.6) is 5.75 Å². The van der Waals surface area contributed by atoms with E-state index in [0.717, 1.165) is 50.4 Å². The van der Waals surface area contributed by atoms with Crippen LogP contribution < -0.4 is 15.4 Å². The molecule has 21 heavy (non-hydrogen) atoms. The van der Waals surface area contributed by atoms with Gasteiger partial charge >= 0.3 is 0 Å². The first-order valence-electron chi connectivity index (χ1n) is 8.07. The summed E-state index contributed by atoms with van der Waals surface area (Å²) in [5.74, 6) is 1.80. The van der Waals surface area contributed by atoms with Crippen molar-refractivity contribution in [2.75, 3.05) is 25.0 Å².